The van der Waals surface area contributed by atoms with E-state index in [9.17, 15) is 13.2 Å². The molecular weight excluding hydrogens is 312 g/mol. The summed E-state index contributed by atoms with van der Waals surface area (Å²) < 4.78 is 24.0. The average Bonchev–Trinajstić information content (AvgIpc) is 2.53. The Labute approximate surface area is 135 Å². The minimum atomic E-state index is -3.14. The van der Waals surface area contributed by atoms with Crippen LogP contribution in [-0.4, -0.2) is 25.1 Å². The molecule has 3 rings (SSSR count). The molecule has 0 spiro atoms. The third-order valence-corrected chi connectivity index (χ3v) is 5.77. The van der Waals surface area contributed by atoms with Gasteiger partial charge >= 0.3 is 0 Å². The van der Waals surface area contributed by atoms with E-state index >= 15 is 0 Å². The maximum absolute atomic E-state index is 12.0. The van der Waals surface area contributed by atoms with Crippen molar-refractivity contribution in [3.63, 3.8) is 0 Å². The van der Waals surface area contributed by atoms with Crippen LogP contribution < -0.4 is 5.32 Å². The lowest BCUT2D eigenvalue weighted by Crippen LogP contribution is -2.25. The SMILES string of the molecule is O=C(Cc1ccc2c(c1)CCCS2(=O)=O)NCc1ccccn1. The number of rotatable bonds is 4. The Morgan fingerprint density at radius 1 is 1.22 bits per heavy atom. The maximum atomic E-state index is 12.0. The smallest absolute Gasteiger partial charge is 0.224 e. The number of carbonyl (C=O) groups is 1. The number of fused-ring (bicyclic) bond motifs is 1. The maximum Gasteiger partial charge on any atom is 0.224 e. The van der Waals surface area contributed by atoms with E-state index in [2.05, 4.69) is 10.3 Å². The van der Waals surface area contributed by atoms with Gasteiger partial charge in [0.25, 0.3) is 0 Å². The van der Waals surface area contributed by atoms with Crippen LogP contribution in [-0.2, 0) is 34.0 Å². The van der Waals surface area contributed by atoms with E-state index < -0.39 is 9.84 Å². The molecule has 0 bridgehead atoms. The highest BCUT2D eigenvalue weighted by Crippen LogP contribution is 2.26. The minimum Gasteiger partial charge on any atom is -0.350 e. The Morgan fingerprint density at radius 2 is 2.09 bits per heavy atom. The molecule has 1 amide bonds. The molecule has 1 aromatic carbocycles. The monoisotopic (exact) mass is 330 g/mol. The highest BCUT2D eigenvalue weighted by atomic mass is 32.2. The summed E-state index contributed by atoms with van der Waals surface area (Å²) in [5, 5.41) is 2.82. The van der Waals surface area contributed by atoms with E-state index in [0.29, 0.717) is 17.9 Å². The van der Waals surface area contributed by atoms with Crippen molar-refractivity contribution in [3.8, 4) is 0 Å². The second-order valence-corrected chi connectivity index (χ2v) is 7.72. The number of nitrogens with zero attached hydrogens (tertiary/aromatic N) is 1. The van der Waals surface area contributed by atoms with Gasteiger partial charge in [0.05, 0.1) is 29.3 Å². The van der Waals surface area contributed by atoms with Crippen LogP contribution >= 0.6 is 0 Å². The number of nitrogens with one attached hydrogen (secondary N) is 1. The van der Waals surface area contributed by atoms with Gasteiger partial charge in [-0.25, -0.2) is 8.42 Å². The zero-order valence-electron chi connectivity index (χ0n) is 12.7. The molecule has 1 aliphatic rings. The number of hydrogen-bond donors (Lipinski definition) is 1. The second-order valence-electron chi connectivity index (χ2n) is 5.64. The molecule has 0 atom stereocenters. The molecule has 0 fully saturated rings. The van der Waals surface area contributed by atoms with Crippen molar-refractivity contribution < 1.29 is 13.2 Å². The fourth-order valence-electron chi connectivity index (χ4n) is 2.74. The quantitative estimate of drug-likeness (QED) is 0.925. The van der Waals surface area contributed by atoms with E-state index in [4.69, 9.17) is 0 Å². The van der Waals surface area contributed by atoms with Crippen molar-refractivity contribution in [2.75, 3.05) is 5.75 Å². The summed E-state index contributed by atoms with van der Waals surface area (Å²) in [6, 6.07) is 10.7. The molecule has 2 heterocycles. The van der Waals surface area contributed by atoms with Gasteiger partial charge in [-0.1, -0.05) is 18.2 Å². The number of hydrogen-bond acceptors (Lipinski definition) is 4. The van der Waals surface area contributed by atoms with Gasteiger partial charge in [0.15, 0.2) is 9.84 Å². The Balaban J connectivity index is 1.65. The molecule has 0 unspecified atom stereocenters. The number of aromatic nitrogens is 1. The first-order chi connectivity index (χ1) is 11.0. The van der Waals surface area contributed by atoms with E-state index in [1.54, 1.807) is 18.3 Å². The van der Waals surface area contributed by atoms with Gasteiger partial charge in [-0.2, -0.15) is 0 Å². The van der Waals surface area contributed by atoms with Crippen molar-refractivity contribution in [2.24, 2.45) is 0 Å². The van der Waals surface area contributed by atoms with Crippen LogP contribution in [0, 0.1) is 0 Å². The number of sulfone groups is 1. The number of amides is 1. The Kier molecular flexibility index (Phi) is 4.43. The number of aryl methyl sites for hydroxylation is 1. The van der Waals surface area contributed by atoms with Gasteiger partial charge < -0.3 is 5.32 Å². The van der Waals surface area contributed by atoms with Crippen LogP contribution in [0.1, 0.15) is 23.2 Å². The highest BCUT2D eigenvalue weighted by Gasteiger charge is 2.23. The van der Waals surface area contributed by atoms with Gasteiger partial charge in [0, 0.05) is 6.20 Å². The van der Waals surface area contributed by atoms with E-state index in [0.717, 1.165) is 23.2 Å². The number of carbonyl (C=O) groups excluding carboxylic acids is 1. The number of benzene rings is 1. The molecule has 120 valence electrons. The van der Waals surface area contributed by atoms with Crippen LogP contribution in [0.4, 0.5) is 0 Å². The highest BCUT2D eigenvalue weighted by molar-refractivity contribution is 7.91. The fraction of sp³-hybridized carbons (Fsp3) is 0.294. The number of pyridine rings is 1. The van der Waals surface area contributed by atoms with Crippen molar-refractivity contribution in [1.82, 2.24) is 10.3 Å². The molecule has 23 heavy (non-hydrogen) atoms. The third-order valence-electron chi connectivity index (χ3n) is 3.88. The topological polar surface area (TPSA) is 76.1 Å². The lowest BCUT2D eigenvalue weighted by molar-refractivity contribution is -0.120. The predicted octanol–water partition coefficient (Wildman–Crippen LogP) is 1.66. The molecule has 1 N–H and O–H groups in total. The first kappa shape index (κ1) is 15.7. The summed E-state index contributed by atoms with van der Waals surface area (Å²) in [5.41, 5.74) is 2.46. The summed E-state index contributed by atoms with van der Waals surface area (Å²) in [5.74, 6) is 0.110. The third kappa shape index (κ3) is 3.76. The van der Waals surface area contributed by atoms with Crippen molar-refractivity contribution in [1.29, 1.82) is 0 Å². The normalized spacial score (nSPS) is 15.7. The first-order valence-corrected chi connectivity index (χ1v) is 9.21. The molecule has 1 aromatic heterocycles. The lowest BCUT2D eigenvalue weighted by atomic mass is 10.0. The van der Waals surface area contributed by atoms with Gasteiger partial charge in [-0.3, -0.25) is 9.78 Å². The van der Waals surface area contributed by atoms with Crippen molar-refractivity contribution >= 4 is 15.7 Å². The molecule has 2 aromatic rings. The summed E-state index contributed by atoms with van der Waals surface area (Å²) in [6.45, 7) is 0.388. The molecule has 0 saturated carbocycles. The summed E-state index contributed by atoms with van der Waals surface area (Å²) >= 11 is 0. The van der Waals surface area contributed by atoms with Crippen molar-refractivity contribution in [3.05, 3.63) is 59.4 Å². The van der Waals surface area contributed by atoms with Gasteiger partial charge in [-0.15, -0.1) is 0 Å². The zero-order chi connectivity index (χ0) is 16.3. The molecular formula is C17H18N2O3S. The van der Waals surface area contributed by atoms with Gasteiger partial charge in [0.1, 0.15) is 0 Å². The van der Waals surface area contributed by atoms with Crippen LogP contribution in [0.3, 0.4) is 0 Å². The average molecular weight is 330 g/mol. The molecule has 1 aliphatic heterocycles. The zero-order valence-corrected chi connectivity index (χ0v) is 13.5. The molecule has 0 aliphatic carbocycles. The Morgan fingerprint density at radius 3 is 2.87 bits per heavy atom. The second kappa shape index (κ2) is 6.50. The minimum absolute atomic E-state index is 0.103. The summed E-state index contributed by atoms with van der Waals surface area (Å²) in [7, 11) is -3.14. The molecule has 5 nitrogen and oxygen atoms in total. The van der Waals surface area contributed by atoms with Gasteiger partial charge in [0.2, 0.25) is 5.91 Å². The Bertz CT molecular complexity index is 817. The Hall–Kier alpha value is -2.21. The first-order valence-electron chi connectivity index (χ1n) is 7.56. The lowest BCUT2D eigenvalue weighted by Gasteiger charge is -2.17. The van der Waals surface area contributed by atoms with Crippen molar-refractivity contribution in [2.45, 2.75) is 30.7 Å². The molecule has 0 radical (unpaired) electrons. The molecule has 0 saturated heterocycles. The van der Waals surface area contributed by atoms with Crippen LogP contribution in [0.2, 0.25) is 0 Å². The van der Waals surface area contributed by atoms with E-state index in [-0.39, 0.29) is 18.1 Å². The van der Waals surface area contributed by atoms with Crippen LogP contribution in [0.5, 0.6) is 0 Å². The van der Waals surface area contributed by atoms with Crippen LogP contribution in [0.15, 0.2) is 47.5 Å². The standard InChI is InChI=1S/C17H18N2O3S/c20-17(19-12-15-5-1-2-8-18-15)11-13-6-7-16-14(10-13)4-3-9-23(16,21)22/h1-2,5-8,10H,3-4,9,11-12H2,(H,19,20). The van der Waals surface area contributed by atoms with Crippen LogP contribution in [0.25, 0.3) is 0 Å². The van der Waals surface area contributed by atoms with Gasteiger partial charge in [-0.05, 0) is 42.2 Å². The fourth-order valence-corrected chi connectivity index (χ4v) is 4.32. The molecule has 6 heteroatoms. The van der Waals surface area contributed by atoms with E-state index in [1.165, 1.54) is 0 Å². The predicted molar refractivity (Wildman–Crippen MR) is 86.6 cm³/mol. The summed E-state index contributed by atoms with van der Waals surface area (Å²) in [4.78, 5) is 16.6. The van der Waals surface area contributed by atoms with E-state index in [1.807, 2.05) is 24.3 Å². The largest absolute Gasteiger partial charge is 0.350 e. The summed E-state index contributed by atoms with van der Waals surface area (Å²) in [6.07, 6.45) is 3.31.